The maximum absolute atomic E-state index is 12.9. The number of nitrogens with one attached hydrogen (secondary N) is 1. The molecule has 120 valence electrons. The van der Waals surface area contributed by atoms with Crippen molar-refractivity contribution < 1.29 is 4.79 Å². The maximum Gasteiger partial charge on any atom is 0.326 e. The fourth-order valence-electron chi connectivity index (χ4n) is 3.00. The number of amides is 2. The summed E-state index contributed by atoms with van der Waals surface area (Å²) in [6.45, 7) is 0.554. The zero-order valence-electron chi connectivity index (χ0n) is 13.3. The number of anilines is 2. The van der Waals surface area contributed by atoms with Gasteiger partial charge in [-0.1, -0.05) is 18.2 Å². The fourth-order valence-corrected chi connectivity index (χ4v) is 3.46. The topological polar surface area (TPSA) is 37.3 Å². The van der Waals surface area contributed by atoms with Crippen LogP contribution in [-0.4, -0.2) is 16.9 Å². The van der Waals surface area contributed by atoms with Crippen LogP contribution in [0.2, 0.25) is 0 Å². The van der Waals surface area contributed by atoms with Gasteiger partial charge >= 0.3 is 6.03 Å². The van der Waals surface area contributed by atoms with Gasteiger partial charge in [0.15, 0.2) is 0 Å². The number of carbonyl (C=O) groups excluding carboxylic acids is 1. The second kappa shape index (κ2) is 6.09. The van der Waals surface area contributed by atoms with E-state index in [9.17, 15) is 4.79 Å². The molecule has 0 saturated carbocycles. The molecule has 1 aliphatic heterocycles. The van der Waals surface area contributed by atoms with E-state index in [0.29, 0.717) is 6.54 Å². The monoisotopic (exact) mass is 335 g/mol. The number of benzene rings is 2. The molecule has 2 heterocycles. The second-order valence-electron chi connectivity index (χ2n) is 5.61. The molecule has 0 unspecified atom stereocenters. The highest BCUT2D eigenvalue weighted by Gasteiger charge is 2.25. The first-order valence-electron chi connectivity index (χ1n) is 7.74. The molecule has 0 saturated heterocycles. The number of carbonyl (C=O) groups is 1. The van der Waals surface area contributed by atoms with E-state index in [1.807, 2.05) is 73.1 Å². The minimum atomic E-state index is -0.117. The van der Waals surface area contributed by atoms with Gasteiger partial charge in [0.25, 0.3) is 0 Å². The van der Waals surface area contributed by atoms with Crippen LogP contribution in [0.3, 0.4) is 0 Å². The Labute approximate surface area is 145 Å². The molecule has 1 aliphatic rings. The zero-order valence-corrected chi connectivity index (χ0v) is 14.1. The lowest BCUT2D eigenvalue weighted by Gasteiger charge is -2.31. The van der Waals surface area contributed by atoms with E-state index in [1.54, 1.807) is 16.7 Å². The third-order valence-corrected chi connectivity index (χ3v) is 4.88. The van der Waals surface area contributed by atoms with Crippen molar-refractivity contribution >= 4 is 29.2 Å². The summed E-state index contributed by atoms with van der Waals surface area (Å²) in [5.41, 5.74) is 3.85. The molecule has 0 bridgehead atoms. The van der Waals surface area contributed by atoms with Crippen molar-refractivity contribution in [2.45, 2.75) is 11.4 Å². The Balaban J connectivity index is 1.66. The summed E-state index contributed by atoms with van der Waals surface area (Å²) in [4.78, 5) is 15.8. The average molecular weight is 335 g/mol. The molecule has 0 aliphatic carbocycles. The zero-order chi connectivity index (χ0) is 16.5. The summed E-state index contributed by atoms with van der Waals surface area (Å²) in [7, 11) is 0. The van der Waals surface area contributed by atoms with E-state index in [-0.39, 0.29) is 6.03 Å². The van der Waals surface area contributed by atoms with Gasteiger partial charge in [-0.25, -0.2) is 4.79 Å². The lowest BCUT2D eigenvalue weighted by Crippen LogP contribution is -2.38. The average Bonchev–Trinajstić information content (AvgIpc) is 3.10. The van der Waals surface area contributed by atoms with Gasteiger partial charge in [-0.2, -0.15) is 0 Å². The van der Waals surface area contributed by atoms with Crippen LogP contribution < -0.4 is 10.2 Å². The molecule has 1 N–H and O–H groups in total. The summed E-state index contributed by atoms with van der Waals surface area (Å²) < 4.78 is 2.13. The van der Waals surface area contributed by atoms with Crippen molar-refractivity contribution in [1.82, 2.24) is 4.57 Å². The minimum Gasteiger partial charge on any atom is -0.317 e. The Hall–Kier alpha value is -2.66. The fraction of sp³-hybridized carbons (Fsp3) is 0.105. The lowest BCUT2D eigenvalue weighted by molar-refractivity contribution is 0.256. The van der Waals surface area contributed by atoms with Crippen LogP contribution in [0.5, 0.6) is 0 Å². The maximum atomic E-state index is 12.9. The molecular formula is C19H17N3OS. The quantitative estimate of drug-likeness (QED) is 0.686. The van der Waals surface area contributed by atoms with E-state index >= 15 is 0 Å². The molecule has 0 fully saturated rings. The van der Waals surface area contributed by atoms with Crippen molar-refractivity contribution in [3.8, 4) is 5.69 Å². The summed E-state index contributed by atoms with van der Waals surface area (Å²) in [6, 6.07) is 19.8. The Bertz CT molecular complexity index is 903. The minimum absolute atomic E-state index is 0.117. The van der Waals surface area contributed by atoms with Gasteiger partial charge < -0.3 is 9.88 Å². The van der Waals surface area contributed by atoms with Crippen LogP contribution in [0.25, 0.3) is 5.69 Å². The van der Waals surface area contributed by atoms with Gasteiger partial charge in [-0.3, -0.25) is 4.90 Å². The van der Waals surface area contributed by atoms with Crippen LogP contribution in [0.15, 0.2) is 71.8 Å². The third kappa shape index (κ3) is 2.57. The summed E-state index contributed by atoms with van der Waals surface area (Å²) in [6.07, 6.45) is 4.06. The standard InChI is InChI=1S/C19H17N3OS/c1-24-16-8-4-6-14(12-16)20-19(23)22-13-15-7-5-11-21(15)17-9-2-3-10-18(17)22/h2-12H,13H2,1H3,(H,20,23). The highest BCUT2D eigenvalue weighted by molar-refractivity contribution is 7.98. The smallest absolute Gasteiger partial charge is 0.317 e. The molecule has 5 heteroatoms. The van der Waals surface area contributed by atoms with Gasteiger partial charge in [-0.15, -0.1) is 11.8 Å². The van der Waals surface area contributed by atoms with Gasteiger partial charge in [0, 0.05) is 22.5 Å². The van der Waals surface area contributed by atoms with Crippen molar-refractivity contribution in [2.75, 3.05) is 16.5 Å². The Kier molecular flexibility index (Phi) is 3.78. The van der Waals surface area contributed by atoms with Crippen LogP contribution in [0.1, 0.15) is 5.69 Å². The third-order valence-electron chi connectivity index (χ3n) is 4.15. The molecule has 4 nitrogen and oxygen atoms in total. The molecule has 2 amide bonds. The number of urea groups is 1. The molecule has 0 atom stereocenters. The van der Waals surface area contributed by atoms with Crippen LogP contribution in [0, 0.1) is 0 Å². The predicted molar refractivity (Wildman–Crippen MR) is 99.2 cm³/mol. The van der Waals surface area contributed by atoms with E-state index in [4.69, 9.17) is 0 Å². The van der Waals surface area contributed by atoms with E-state index in [1.165, 1.54) is 0 Å². The van der Waals surface area contributed by atoms with Crippen LogP contribution in [0.4, 0.5) is 16.2 Å². The van der Waals surface area contributed by atoms with Crippen molar-refractivity contribution in [1.29, 1.82) is 0 Å². The number of aromatic nitrogens is 1. The SMILES string of the molecule is CSc1cccc(NC(=O)N2Cc3cccn3-c3ccccc32)c1. The van der Waals surface area contributed by atoms with Crippen molar-refractivity contribution in [3.05, 3.63) is 72.6 Å². The van der Waals surface area contributed by atoms with Gasteiger partial charge in [0.1, 0.15) is 0 Å². The number of para-hydroxylation sites is 2. The van der Waals surface area contributed by atoms with Gasteiger partial charge in [0.05, 0.1) is 17.9 Å². The van der Waals surface area contributed by atoms with Gasteiger partial charge in [0.2, 0.25) is 0 Å². The van der Waals surface area contributed by atoms with E-state index in [2.05, 4.69) is 9.88 Å². The summed E-state index contributed by atoms with van der Waals surface area (Å²) >= 11 is 1.66. The lowest BCUT2D eigenvalue weighted by atomic mass is 10.2. The summed E-state index contributed by atoms with van der Waals surface area (Å²) in [5, 5.41) is 3.01. The number of hydrogen-bond acceptors (Lipinski definition) is 2. The van der Waals surface area contributed by atoms with E-state index in [0.717, 1.165) is 27.7 Å². The first-order valence-corrected chi connectivity index (χ1v) is 8.97. The first kappa shape index (κ1) is 14.9. The molecule has 24 heavy (non-hydrogen) atoms. The van der Waals surface area contributed by atoms with E-state index < -0.39 is 0 Å². The first-order chi connectivity index (χ1) is 11.8. The molecule has 0 spiro atoms. The van der Waals surface area contributed by atoms with Crippen LogP contribution >= 0.6 is 11.8 Å². The highest BCUT2D eigenvalue weighted by Crippen LogP contribution is 2.32. The Morgan fingerprint density at radius 1 is 1.04 bits per heavy atom. The van der Waals surface area contributed by atoms with Gasteiger partial charge in [-0.05, 0) is 48.7 Å². The van der Waals surface area contributed by atoms with Crippen molar-refractivity contribution in [3.63, 3.8) is 0 Å². The van der Waals surface area contributed by atoms with Crippen LogP contribution in [-0.2, 0) is 6.54 Å². The highest BCUT2D eigenvalue weighted by atomic mass is 32.2. The van der Waals surface area contributed by atoms with Crippen molar-refractivity contribution in [2.24, 2.45) is 0 Å². The molecule has 3 aromatic rings. The number of hydrogen-bond donors (Lipinski definition) is 1. The molecule has 1 aromatic heterocycles. The number of nitrogens with zero attached hydrogens (tertiary/aromatic N) is 2. The molecule has 4 rings (SSSR count). The number of rotatable bonds is 2. The Morgan fingerprint density at radius 2 is 1.88 bits per heavy atom. The number of fused-ring (bicyclic) bond motifs is 3. The largest absolute Gasteiger partial charge is 0.326 e. The second-order valence-corrected chi connectivity index (χ2v) is 6.49. The molecule has 0 radical (unpaired) electrons. The normalized spacial score (nSPS) is 12.5. The summed E-state index contributed by atoms with van der Waals surface area (Å²) in [5.74, 6) is 0. The molecular weight excluding hydrogens is 318 g/mol. The Morgan fingerprint density at radius 3 is 2.71 bits per heavy atom. The number of thioether (sulfide) groups is 1. The molecule has 2 aromatic carbocycles. The predicted octanol–water partition coefficient (Wildman–Crippen LogP) is 4.75.